The molecule has 7 heteroatoms. The van der Waals surface area contributed by atoms with Gasteiger partial charge < -0.3 is 9.30 Å². The van der Waals surface area contributed by atoms with Crippen LogP contribution in [0.2, 0.25) is 0 Å². The quantitative estimate of drug-likeness (QED) is 0.652. The summed E-state index contributed by atoms with van der Waals surface area (Å²) in [6.07, 6.45) is 4.62. The highest BCUT2D eigenvalue weighted by Crippen LogP contribution is 2.47. The monoisotopic (exact) mass is 401 g/mol. The molecule has 30 heavy (non-hydrogen) atoms. The third-order valence-corrected chi connectivity index (χ3v) is 5.67. The Kier molecular flexibility index (Phi) is 5.08. The Morgan fingerprint density at radius 1 is 1.20 bits per heavy atom. The van der Waals surface area contributed by atoms with E-state index in [4.69, 9.17) is 4.74 Å². The second-order valence-electron chi connectivity index (χ2n) is 7.84. The Bertz CT molecular complexity index is 1210. The summed E-state index contributed by atoms with van der Waals surface area (Å²) in [6, 6.07) is 7.73. The number of aromatic nitrogens is 4. The molecule has 0 bridgehead atoms. The van der Waals surface area contributed by atoms with Gasteiger partial charge >= 0.3 is 0 Å². The van der Waals surface area contributed by atoms with Crippen LogP contribution in [0.3, 0.4) is 0 Å². The van der Waals surface area contributed by atoms with Crippen molar-refractivity contribution in [1.29, 1.82) is 5.26 Å². The summed E-state index contributed by atoms with van der Waals surface area (Å²) in [5, 5.41) is 9.33. The number of ether oxygens (including phenoxy) is 1. The van der Waals surface area contributed by atoms with E-state index < -0.39 is 0 Å². The Morgan fingerprint density at radius 3 is 2.70 bits per heavy atom. The van der Waals surface area contributed by atoms with Gasteiger partial charge in [-0.15, -0.1) is 0 Å². The molecule has 1 aliphatic rings. The van der Waals surface area contributed by atoms with Crippen molar-refractivity contribution in [3.8, 4) is 23.1 Å². The van der Waals surface area contributed by atoms with E-state index in [0.717, 1.165) is 28.9 Å². The molecule has 152 valence electrons. The lowest BCUT2D eigenvalue weighted by Gasteiger charge is -2.15. The predicted octanol–water partition coefficient (Wildman–Crippen LogP) is 3.22. The Balaban J connectivity index is 1.60. The van der Waals surface area contributed by atoms with E-state index in [1.807, 2.05) is 26.1 Å². The first-order valence-electron chi connectivity index (χ1n) is 9.89. The minimum absolute atomic E-state index is 0.0809. The van der Waals surface area contributed by atoms with Crippen LogP contribution in [-0.4, -0.2) is 26.1 Å². The fraction of sp³-hybridized carbons (Fsp3) is 0.348. The van der Waals surface area contributed by atoms with E-state index in [-0.39, 0.29) is 11.1 Å². The molecule has 3 aromatic heterocycles. The van der Waals surface area contributed by atoms with Crippen LogP contribution in [0.25, 0.3) is 11.1 Å². The van der Waals surface area contributed by atoms with E-state index in [1.165, 1.54) is 4.57 Å². The Labute approximate surface area is 175 Å². The third kappa shape index (κ3) is 3.69. The molecule has 1 fully saturated rings. The van der Waals surface area contributed by atoms with Crippen molar-refractivity contribution in [2.45, 2.75) is 33.1 Å². The van der Waals surface area contributed by atoms with Gasteiger partial charge in [0, 0.05) is 48.2 Å². The zero-order valence-electron chi connectivity index (χ0n) is 17.5. The maximum atomic E-state index is 12.2. The van der Waals surface area contributed by atoms with Crippen LogP contribution < -0.4 is 10.3 Å². The highest BCUT2D eigenvalue weighted by Gasteiger charge is 2.40. The molecule has 2 unspecified atom stereocenters. The average Bonchev–Trinajstić information content (AvgIpc) is 3.51. The summed E-state index contributed by atoms with van der Waals surface area (Å²) in [4.78, 5) is 25.6. The van der Waals surface area contributed by atoms with Crippen molar-refractivity contribution in [3.05, 3.63) is 69.3 Å². The number of hydrogen-bond acceptors (Lipinski definition) is 6. The summed E-state index contributed by atoms with van der Waals surface area (Å²) in [5.41, 5.74) is 4.13. The number of hydrogen-bond donors (Lipinski definition) is 0. The van der Waals surface area contributed by atoms with Crippen molar-refractivity contribution in [3.63, 3.8) is 0 Å². The third-order valence-electron chi connectivity index (χ3n) is 5.67. The molecule has 3 heterocycles. The fourth-order valence-electron chi connectivity index (χ4n) is 3.60. The normalized spacial score (nSPS) is 17.4. The van der Waals surface area contributed by atoms with Gasteiger partial charge in [0.15, 0.2) is 0 Å². The zero-order valence-corrected chi connectivity index (χ0v) is 17.5. The van der Waals surface area contributed by atoms with Crippen LogP contribution in [-0.2, 0) is 7.05 Å². The standard InChI is InChI=1S/C23H23N5O2/c1-13-5-6-21(26-10-13)19-8-17(19)12-30-22-20(11-25-15(3)27-22)18-7-16(9-24)23(29)28(4)14(18)2/h5-7,10-11,17,19H,8,12H2,1-4H3. The number of aryl methyl sites for hydroxylation is 2. The van der Waals surface area contributed by atoms with Crippen LogP contribution in [0, 0.1) is 38.0 Å². The highest BCUT2D eigenvalue weighted by atomic mass is 16.5. The molecule has 0 saturated heterocycles. The molecule has 1 aliphatic carbocycles. The van der Waals surface area contributed by atoms with Crippen molar-refractivity contribution in [2.75, 3.05) is 6.61 Å². The van der Waals surface area contributed by atoms with E-state index in [1.54, 1.807) is 26.2 Å². The van der Waals surface area contributed by atoms with Gasteiger partial charge in [-0.3, -0.25) is 9.78 Å². The second-order valence-corrected chi connectivity index (χ2v) is 7.84. The Morgan fingerprint density at radius 2 is 2.00 bits per heavy atom. The fourth-order valence-corrected chi connectivity index (χ4v) is 3.60. The van der Waals surface area contributed by atoms with Crippen molar-refractivity contribution < 1.29 is 4.74 Å². The molecule has 0 aromatic carbocycles. The summed E-state index contributed by atoms with van der Waals surface area (Å²) < 4.78 is 7.59. The lowest BCUT2D eigenvalue weighted by Crippen LogP contribution is -2.22. The summed E-state index contributed by atoms with van der Waals surface area (Å²) in [6.45, 7) is 6.20. The predicted molar refractivity (Wildman–Crippen MR) is 112 cm³/mol. The van der Waals surface area contributed by atoms with Gasteiger partial charge in [-0.1, -0.05) is 6.07 Å². The molecule has 0 radical (unpaired) electrons. The molecule has 4 rings (SSSR count). The Hall–Kier alpha value is -3.53. The molecule has 7 nitrogen and oxygen atoms in total. The molecule has 1 saturated carbocycles. The lowest BCUT2D eigenvalue weighted by atomic mass is 10.0. The molecule has 2 atom stereocenters. The minimum atomic E-state index is -0.319. The average molecular weight is 401 g/mol. The van der Waals surface area contributed by atoms with E-state index in [0.29, 0.717) is 35.7 Å². The van der Waals surface area contributed by atoms with Gasteiger partial charge in [-0.25, -0.2) is 4.98 Å². The van der Waals surface area contributed by atoms with Gasteiger partial charge in [-0.05, 0) is 44.9 Å². The maximum absolute atomic E-state index is 12.2. The van der Waals surface area contributed by atoms with Crippen LogP contribution >= 0.6 is 0 Å². The molecular weight excluding hydrogens is 378 g/mol. The molecule has 0 aliphatic heterocycles. The van der Waals surface area contributed by atoms with Crippen molar-refractivity contribution >= 4 is 0 Å². The maximum Gasteiger partial charge on any atom is 0.268 e. The first-order valence-corrected chi connectivity index (χ1v) is 9.89. The lowest BCUT2D eigenvalue weighted by molar-refractivity contribution is 0.285. The van der Waals surface area contributed by atoms with Gasteiger partial charge in [0.05, 0.1) is 12.2 Å². The van der Waals surface area contributed by atoms with Gasteiger partial charge in [0.1, 0.15) is 17.5 Å². The zero-order chi connectivity index (χ0) is 21.4. The minimum Gasteiger partial charge on any atom is -0.477 e. The summed E-state index contributed by atoms with van der Waals surface area (Å²) in [5.74, 6) is 1.86. The van der Waals surface area contributed by atoms with Crippen LogP contribution in [0.15, 0.2) is 35.4 Å². The molecule has 0 spiro atoms. The first-order chi connectivity index (χ1) is 14.4. The van der Waals surface area contributed by atoms with Crippen molar-refractivity contribution in [1.82, 2.24) is 19.5 Å². The molecule has 0 amide bonds. The van der Waals surface area contributed by atoms with E-state index in [9.17, 15) is 10.1 Å². The highest BCUT2D eigenvalue weighted by molar-refractivity contribution is 5.71. The van der Waals surface area contributed by atoms with Gasteiger partial charge in [-0.2, -0.15) is 10.2 Å². The van der Waals surface area contributed by atoms with Crippen LogP contribution in [0.1, 0.15) is 40.7 Å². The molecular formula is C23H23N5O2. The summed E-state index contributed by atoms with van der Waals surface area (Å²) >= 11 is 0. The van der Waals surface area contributed by atoms with E-state index >= 15 is 0 Å². The van der Waals surface area contributed by atoms with Crippen molar-refractivity contribution in [2.24, 2.45) is 13.0 Å². The molecule has 3 aromatic rings. The van der Waals surface area contributed by atoms with Crippen LogP contribution in [0.4, 0.5) is 0 Å². The topological polar surface area (TPSA) is 93.7 Å². The SMILES string of the molecule is Cc1ccc(C2CC2COc2nc(C)ncc2-c2cc(C#N)c(=O)n(C)c2C)nc1. The van der Waals surface area contributed by atoms with Gasteiger partial charge in [0.2, 0.25) is 5.88 Å². The van der Waals surface area contributed by atoms with Crippen LogP contribution in [0.5, 0.6) is 5.88 Å². The summed E-state index contributed by atoms with van der Waals surface area (Å²) in [7, 11) is 1.65. The molecule has 0 N–H and O–H groups in total. The smallest absolute Gasteiger partial charge is 0.268 e. The first kappa shape index (κ1) is 19.8. The number of pyridine rings is 2. The van der Waals surface area contributed by atoms with E-state index in [2.05, 4.69) is 27.1 Å². The second kappa shape index (κ2) is 7.71. The number of nitriles is 1. The number of rotatable bonds is 5. The van der Waals surface area contributed by atoms with Gasteiger partial charge in [0.25, 0.3) is 5.56 Å². The number of nitrogens with zero attached hydrogens (tertiary/aromatic N) is 5. The largest absolute Gasteiger partial charge is 0.477 e.